The third-order valence-electron chi connectivity index (χ3n) is 1.57. The molecule has 0 aliphatic heterocycles. The molecule has 0 fully saturated rings. The fourth-order valence-electron chi connectivity index (χ4n) is 0.707. The Morgan fingerprint density at radius 2 is 1.71 bits per heavy atom. The molecule has 0 amide bonds. The summed E-state index contributed by atoms with van der Waals surface area (Å²) in [5.74, 6) is -1.80. The van der Waals surface area contributed by atoms with Crippen molar-refractivity contribution in [2.75, 3.05) is 6.61 Å². The summed E-state index contributed by atoms with van der Waals surface area (Å²) in [6.07, 6.45) is -8.24. The molecule has 0 heterocycles. The molecule has 0 radical (unpaired) electrons. The molecule has 84 valence electrons. The topological polar surface area (TPSA) is 127 Å². The monoisotopic (exact) mass is 213 g/mol. The lowest BCUT2D eigenvalue weighted by atomic mass is 10.0. The van der Waals surface area contributed by atoms with Crippen LogP contribution in [-0.2, 0) is 9.74 Å². The second kappa shape index (κ2) is 5.83. The van der Waals surface area contributed by atoms with Crippen molar-refractivity contribution in [2.45, 2.75) is 24.4 Å². The number of carbonyl (C=O) groups is 1. The smallest absolute Gasteiger partial charge is 0.379 e. The van der Waals surface area contributed by atoms with Gasteiger partial charge < -0.3 is 25.5 Å². The van der Waals surface area contributed by atoms with Gasteiger partial charge in [0.1, 0.15) is 18.3 Å². The summed E-state index contributed by atoms with van der Waals surface area (Å²) in [5.41, 5.74) is 0. The Labute approximate surface area is 77.9 Å². The molecule has 5 N–H and O–H groups in total. The first-order chi connectivity index (χ1) is 6.45. The second-order valence-electron chi connectivity index (χ2n) is 2.57. The molecule has 0 aliphatic rings. The zero-order valence-electron chi connectivity index (χ0n) is 6.95. The molecule has 0 aromatic rings. The molecule has 7 nitrogen and oxygen atoms in total. The summed E-state index contributed by atoms with van der Waals surface area (Å²) < 4.78 is 11.2. The van der Waals surface area contributed by atoms with Gasteiger partial charge in [0.05, 0.1) is 6.61 Å². The highest BCUT2D eigenvalue weighted by Crippen LogP contribution is 2.06. The number of hydrogen-bond acceptors (Lipinski definition) is 7. The van der Waals surface area contributed by atoms with E-state index in [9.17, 15) is 9.32 Å². The van der Waals surface area contributed by atoms with Crippen LogP contribution in [0.15, 0.2) is 0 Å². The van der Waals surface area contributed by atoms with E-state index in [1.54, 1.807) is 0 Å². The van der Waals surface area contributed by atoms with Crippen molar-refractivity contribution in [3.63, 3.8) is 0 Å². The van der Waals surface area contributed by atoms with E-state index in [2.05, 4.69) is 4.94 Å². The molecule has 0 spiro atoms. The fourth-order valence-corrected chi connectivity index (χ4v) is 0.707. The van der Waals surface area contributed by atoms with Gasteiger partial charge in [-0.1, -0.05) is 0 Å². The van der Waals surface area contributed by atoms with Crippen LogP contribution >= 0.6 is 0 Å². The Morgan fingerprint density at radius 3 is 2.07 bits per heavy atom. The van der Waals surface area contributed by atoms with Crippen LogP contribution in [0.25, 0.3) is 0 Å². The van der Waals surface area contributed by atoms with E-state index in [1.165, 1.54) is 0 Å². The predicted octanol–water partition coefficient (Wildman–Crippen LogP) is -3.15. The van der Waals surface area contributed by atoms with Crippen LogP contribution in [0.2, 0.25) is 0 Å². The zero-order valence-corrected chi connectivity index (χ0v) is 6.95. The summed E-state index contributed by atoms with van der Waals surface area (Å²) >= 11 is 0. The van der Waals surface area contributed by atoms with Gasteiger partial charge in [-0.15, -0.1) is 0 Å². The highest BCUT2D eigenvalue weighted by atomic mass is 18.4. The predicted molar refractivity (Wildman–Crippen MR) is 38.3 cm³/mol. The van der Waals surface area contributed by atoms with Crippen molar-refractivity contribution in [2.24, 2.45) is 0 Å². The first-order valence-corrected chi connectivity index (χ1v) is 3.61. The molecule has 8 heteroatoms. The molecular formula is C6H11FO7. The fraction of sp³-hybridized carbons (Fsp3) is 0.833. The summed E-state index contributed by atoms with van der Waals surface area (Å²) in [6, 6.07) is 0. The van der Waals surface area contributed by atoms with Crippen LogP contribution in [0, 0.1) is 0 Å². The van der Waals surface area contributed by atoms with Crippen molar-refractivity contribution in [1.82, 2.24) is 0 Å². The number of hydrogen-bond donors (Lipinski definition) is 5. The Hall–Kier alpha value is -0.800. The van der Waals surface area contributed by atoms with Gasteiger partial charge in [-0.2, -0.15) is 0 Å². The molecule has 4 atom stereocenters. The minimum atomic E-state index is -2.34. The molecular weight excluding hydrogens is 202 g/mol. The normalized spacial score (nSPS) is 19.6. The lowest BCUT2D eigenvalue weighted by Gasteiger charge is -2.23. The maximum Gasteiger partial charge on any atom is 0.379 e. The van der Waals surface area contributed by atoms with Gasteiger partial charge in [0.15, 0.2) is 6.10 Å². The highest BCUT2D eigenvalue weighted by molar-refractivity contribution is 5.74. The molecule has 0 saturated heterocycles. The van der Waals surface area contributed by atoms with Gasteiger partial charge in [-0.25, -0.2) is 4.79 Å². The molecule has 0 unspecified atom stereocenters. The lowest BCUT2D eigenvalue weighted by Crippen LogP contribution is -2.48. The van der Waals surface area contributed by atoms with Crippen LogP contribution in [0.1, 0.15) is 0 Å². The van der Waals surface area contributed by atoms with Crippen molar-refractivity contribution in [1.29, 1.82) is 0 Å². The van der Waals surface area contributed by atoms with E-state index in [4.69, 9.17) is 25.5 Å². The summed E-state index contributed by atoms with van der Waals surface area (Å²) in [7, 11) is 0. The SMILES string of the molecule is O=C(O[18F])[C@H](O)[C@@H](O)[C@H](O)[C@H](O)CO. The third kappa shape index (κ3) is 3.16. The summed E-state index contributed by atoms with van der Waals surface area (Å²) in [6.45, 7) is -0.893. The van der Waals surface area contributed by atoms with Crippen molar-refractivity contribution >= 4 is 5.97 Å². The molecule has 0 aliphatic carbocycles. The van der Waals surface area contributed by atoms with Crippen LogP contribution < -0.4 is 0 Å². The number of halogens is 1. The van der Waals surface area contributed by atoms with Crippen molar-refractivity contribution in [3.8, 4) is 0 Å². The van der Waals surface area contributed by atoms with E-state index >= 15 is 0 Å². The number of carbonyl (C=O) groups excluding carboxylic acids is 1. The third-order valence-corrected chi connectivity index (χ3v) is 1.57. The molecule has 0 aromatic carbocycles. The largest absolute Gasteiger partial charge is 0.394 e. The van der Waals surface area contributed by atoms with Crippen LogP contribution in [0.4, 0.5) is 4.53 Å². The maximum absolute atomic E-state index is 11.2. The van der Waals surface area contributed by atoms with E-state index in [1.807, 2.05) is 0 Å². The van der Waals surface area contributed by atoms with E-state index < -0.39 is 37.0 Å². The number of aliphatic hydroxyl groups excluding tert-OH is 5. The first-order valence-electron chi connectivity index (χ1n) is 3.61. The maximum atomic E-state index is 11.2. The van der Waals surface area contributed by atoms with Gasteiger partial charge in [-0.3, -0.25) is 4.94 Å². The summed E-state index contributed by atoms with van der Waals surface area (Å²) in [4.78, 5) is 12.9. The molecule has 0 rings (SSSR count). The second-order valence-corrected chi connectivity index (χ2v) is 2.57. The van der Waals surface area contributed by atoms with Crippen LogP contribution in [-0.4, -0.2) is 62.5 Å². The van der Waals surface area contributed by atoms with E-state index in [-0.39, 0.29) is 0 Å². The number of rotatable bonds is 5. The minimum absolute atomic E-state index is 0.893. The van der Waals surface area contributed by atoms with Gasteiger partial charge in [0, 0.05) is 4.53 Å². The van der Waals surface area contributed by atoms with E-state index in [0.29, 0.717) is 0 Å². The molecule has 14 heavy (non-hydrogen) atoms. The van der Waals surface area contributed by atoms with Crippen molar-refractivity contribution < 1.29 is 39.8 Å². The van der Waals surface area contributed by atoms with Gasteiger partial charge in [0.25, 0.3) is 0 Å². The molecule has 0 saturated carbocycles. The quantitative estimate of drug-likeness (QED) is 0.326. The van der Waals surface area contributed by atoms with Gasteiger partial charge in [-0.05, 0) is 0 Å². The van der Waals surface area contributed by atoms with Crippen LogP contribution in [0.3, 0.4) is 0 Å². The van der Waals surface area contributed by atoms with Crippen molar-refractivity contribution in [3.05, 3.63) is 0 Å². The van der Waals surface area contributed by atoms with E-state index in [0.717, 1.165) is 0 Å². The molecule has 0 bridgehead atoms. The number of aliphatic hydroxyl groups is 5. The standard InChI is InChI=1S/C6H11FO7/c7-14-6(13)5(12)4(11)3(10)2(9)1-8/h2-5,8-12H,1H2/t2-,3-,4+,5-/m1/s1/i7-1. The Kier molecular flexibility index (Phi) is 5.50. The van der Waals surface area contributed by atoms with Gasteiger partial charge >= 0.3 is 5.97 Å². The average Bonchev–Trinajstić information content (AvgIpc) is 2.23. The van der Waals surface area contributed by atoms with Crippen LogP contribution in [0.5, 0.6) is 0 Å². The Balaban J connectivity index is 4.30. The average molecular weight is 213 g/mol. The minimum Gasteiger partial charge on any atom is -0.394 e. The summed E-state index contributed by atoms with van der Waals surface area (Å²) in [5, 5.41) is 43.8. The Bertz CT molecular complexity index is 187. The highest BCUT2D eigenvalue weighted by Gasteiger charge is 2.35. The lowest BCUT2D eigenvalue weighted by molar-refractivity contribution is -0.205. The zero-order chi connectivity index (χ0) is 11.3. The molecule has 0 aromatic heterocycles. The Morgan fingerprint density at radius 1 is 1.21 bits per heavy atom. The van der Waals surface area contributed by atoms with Gasteiger partial charge in [0.2, 0.25) is 0 Å². The first kappa shape index (κ1) is 13.2.